The molecule has 2 N–H and O–H groups in total. The topological polar surface area (TPSA) is 100 Å². The van der Waals surface area contributed by atoms with Crippen molar-refractivity contribution < 1.29 is 4.79 Å². The fourth-order valence-corrected chi connectivity index (χ4v) is 2.78. The minimum Gasteiger partial charge on any atom is -0.340 e. The number of nitrogens with one attached hydrogen (secondary N) is 2. The number of rotatable bonds is 7. The maximum Gasteiger partial charge on any atom is 0.329 e. The molecule has 0 aromatic carbocycles. The molecule has 0 aliphatic carbocycles. The molecule has 1 amide bonds. The molecule has 0 aliphatic heterocycles. The lowest BCUT2D eigenvalue weighted by atomic mass is 10.0. The quantitative estimate of drug-likeness (QED) is 0.692. The van der Waals surface area contributed by atoms with E-state index in [9.17, 15) is 14.4 Å². The Kier molecular flexibility index (Phi) is 10.4. The summed E-state index contributed by atoms with van der Waals surface area (Å²) in [4.78, 5) is 46.1. The first-order valence-electron chi connectivity index (χ1n) is 8.89. The van der Waals surface area contributed by atoms with E-state index < -0.39 is 11.2 Å². The number of pyridine rings is 1. The normalized spacial score (nSPS) is 10.5. The molecular weight excluding hydrogens is 405 g/mol. The van der Waals surface area contributed by atoms with Gasteiger partial charge in [0.1, 0.15) is 0 Å². The molecule has 2 rings (SSSR count). The average molecular weight is 434 g/mol. The van der Waals surface area contributed by atoms with Gasteiger partial charge >= 0.3 is 5.69 Å². The second kappa shape index (κ2) is 11.2. The fourth-order valence-electron chi connectivity index (χ4n) is 2.78. The van der Waals surface area contributed by atoms with Gasteiger partial charge in [-0.05, 0) is 25.5 Å². The minimum atomic E-state index is -0.578. The zero-order valence-corrected chi connectivity index (χ0v) is 18.5. The lowest BCUT2D eigenvalue weighted by molar-refractivity contribution is 0.0798. The van der Waals surface area contributed by atoms with E-state index in [2.05, 4.69) is 15.3 Å². The number of fused-ring (bicyclic) bond motifs is 1. The molecule has 2 heterocycles. The number of carbonyl (C=O) groups is 1. The van der Waals surface area contributed by atoms with Crippen LogP contribution in [0.5, 0.6) is 0 Å². The number of hydrogen-bond acceptors (Lipinski definition) is 5. The summed E-state index contributed by atoms with van der Waals surface area (Å²) in [6, 6.07) is 1.67. The van der Waals surface area contributed by atoms with Crippen molar-refractivity contribution in [2.75, 3.05) is 27.2 Å². The molecule has 0 aliphatic rings. The predicted octanol–water partition coefficient (Wildman–Crippen LogP) is 1.75. The summed E-state index contributed by atoms with van der Waals surface area (Å²) in [5.41, 5.74) is 0.156. The molecule has 2 aromatic heterocycles. The Morgan fingerprint density at radius 1 is 1.32 bits per heavy atom. The maximum absolute atomic E-state index is 13.0. The Morgan fingerprint density at radius 2 is 1.96 bits per heavy atom. The van der Waals surface area contributed by atoms with Gasteiger partial charge in [0.25, 0.3) is 11.5 Å². The number of likely N-dealkylation sites (N-methyl/N-ethyl adjacent to an activating group) is 2. The molecule has 0 fully saturated rings. The molecule has 0 saturated carbocycles. The molecular formula is C18H29Cl2N5O3. The van der Waals surface area contributed by atoms with Crippen LogP contribution in [-0.2, 0) is 6.54 Å². The van der Waals surface area contributed by atoms with Crippen LogP contribution in [0, 0.1) is 0 Å². The van der Waals surface area contributed by atoms with E-state index >= 15 is 0 Å². The second-order valence-electron chi connectivity index (χ2n) is 6.69. The standard InChI is InChI=1S/C18H27N5O3.2ClH/c1-6-8-23-15-14(16(24)21-18(23)26)12(10-13(20-15)11(2)3)17(25)22(5)9-7-19-4;;/h10-11,19H,6-9H2,1-5H3,(H,21,24,26);2*1H. The number of aromatic nitrogens is 3. The van der Waals surface area contributed by atoms with Crippen molar-refractivity contribution in [1.29, 1.82) is 0 Å². The molecule has 2 aromatic rings. The third-order valence-corrected chi connectivity index (χ3v) is 4.28. The van der Waals surface area contributed by atoms with Gasteiger partial charge in [0.15, 0.2) is 5.65 Å². The number of aryl methyl sites for hydroxylation is 1. The largest absolute Gasteiger partial charge is 0.340 e. The Labute approximate surface area is 176 Å². The van der Waals surface area contributed by atoms with E-state index in [0.29, 0.717) is 31.7 Å². The number of H-pyrrole nitrogens is 1. The van der Waals surface area contributed by atoms with E-state index in [1.165, 1.54) is 4.57 Å². The lowest BCUT2D eigenvalue weighted by Crippen LogP contribution is -2.36. The van der Waals surface area contributed by atoms with Crippen LogP contribution in [0.15, 0.2) is 15.7 Å². The van der Waals surface area contributed by atoms with Crippen molar-refractivity contribution in [2.45, 2.75) is 39.7 Å². The molecule has 28 heavy (non-hydrogen) atoms. The summed E-state index contributed by atoms with van der Waals surface area (Å²) in [6.07, 6.45) is 0.708. The van der Waals surface area contributed by atoms with Crippen LogP contribution in [0.3, 0.4) is 0 Å². The summed E-state index contributed by atoms with van der Waals surface area (Å²) >= 11 is 0. The van der Waals surface area contributed by atoms with Crippen molar-refractivity contribution >= 4 is 41.8 Å². The zero-order valence-electron chi connectivity index (χ0n) is 16.9. The van der Waals surface area contributed by atoms with Crippen molar-refractivity contribution in [3.8, 4) is 0 Å². The van der Waals surface area contributed by atoms with Gasteiger partial charge in [-0.25, -0.2) is 9.78 Å². The zero-order chi connectivity index (χ0) is 19.4. The summed E-state index contributed by atoms with van der Waals surface area (Å²) < 4.78 is 1.44. The molecule has 0 saturated heterocycles. The third-order valence-electron chi connectivity index (χ3n) is 4.28. The molecule has 0 spiro atoms. The van der Waals surface area contributed by atoms with Crippen LogP contribution in [0.4, 0.5) is 0 Å². The summed E-state index contributed by atoms with van der Waals surface area (Å²) in [7, 11) is 3.50. The highest BCUT2D eigenvalue weighted by Gasteiger charge is 2.22. The first-order chi connectivity index (χ1) is 12.3. The highest BCUT2D eigenvalue weighted by molar-refractivity contribution is 6.05. The number of amides is 1. The van der Waals surface area contributed by atoms with Crippen LogP contribution >= 0.6 is 24.8 Å². The van der Waals surface area contributed by atoms with E-state index in [1.807, 2.05) is 27.8 Å². The summed E-state index contributed by atoms with van der Waals surface area (Å²) in [6.45, 7) is 7.42. The van der Waals surface area contributed by atoms with Crippen LogP contribution in [-0.4, -0.2) is 52.5 Å². The monoisotopic (exact) mass is 433 g/mol. The molecule has 8 nitrogen and oxygen atoms in total. The lowest BCUT2D eigenvalue weighted by Gasteiger charge is -2.19. The van der Waals surface area contributed by atoms with Crippen molar-refractivity contribution in [2.24, 2.45) is 0 Å². The molecule has 0 unspecified atom stereocenters. The highest BCUT2D eigenvalue weighted by Crippen LogP contribution is 2.20. The predicted molar refractivity (Wildman–Crippen MR) is 116 cm³/mol. The van der Waals surface area contributed by atoms with Gasteiger partial charge in [-0.3, -0.25) is 19.1 Å². The van der Waals surface area contributed by atoms with Gasteiger partial charge in [-0.2, -0.15) is 0 Å². The molecule has 158 valence electrons. The minimum absolute atomic E-state index is 0. The van der Waals surface area contributed by atoms with Crippen LogP contribution in [0.2, 0.25) is 0 Å². The number of halogens is 2. The molecule has 0 radical (unpaired) electrons. The second-order valence-corrected chi connectivity index (χ2v) is 6.69. The third kappa shape index (κ3) is 5.33. The Balaban J connectivity index is 0.00000364. The summed E-state index contributed by atoms with van der Waals surface area (Å²) in [5, 5.41) is 3.17. The van der Waals surface area contributed by atoms with Crippen molar-refractivity contribution in [3.63, 3.8) is 0 Å². The van der Waals surface area contributed by atoms with Crippen LogP contribution in [0.25, 0.3) is 11.0 Å². The first-order valence-corrected chi connectivity index (χ1v) is 8.89. The van der Waals surface area contributed by atoms with Gasteiger partial charge in [0.05, 0.1) is 10.9 Å². The molecule has 0 bridgehead atoms. The van der Waals surface area contributed by atoms with E-state index in [4.69, 9.17) is 0 Å². The van der Waals surface area contributed by atoms with Crippen LogP contribution in [0.1, 0.15) is 49.2 Å². The number of carbonyl (C=O) groups excluding carboxylic acids is 1. The number of nitrogens with zero attached hydrogens (tertiary/aromatic N) is 3. The van der Waals surface area contributed by atoms with Gasteiger partial charge in [0, 0.05) is 32.4 Å². The number of hydrogen-bond donors (Lipinski definition) is 2. The smallest absolute Gasteiger partial charge is 0.329 e. The Hall–Kier alpha value is -1.90. The summed E-state index contributed by atoms with van der Waals surface area (Å²) in [5.74, 6) is -0.209. The highest BCUT2D eigenvalue weighted by atomic mass is 35.5. The van der Waals surface area contributed by atoms with E-state index in [-0.39, 0.29) is 53.2 Å². The molecule has 0 atom stereocenters. The van der Waals surface area contributed by atoms with E-state index in [1.54, 1.807) is 18.0 Å². The first kappa shape index (κ1) is 26.1. The molecule has 10 heteroatoms. The van der Waals surface area contributed by atoms with Gasteiger partial charge < -0.3 is 10.2 Å². The van der Waals surface area contributed by atoms with Crippen LogP contribution < -0.4 is 16.6 Å². The van der Waals surface area contributed by atoms with E-state index in [0.717, 1.165) is 0 Å². The average Bonchev–Trinajstić information content (AvgIpc) is 2.61. The van der Waals surface area contributed by atoms with Gasteiger partial charge in [-0.15, -0.1) is 24.8 Å². The Bertz CT molecular complexity index is 924. The van der Waals surface area contributed by atoms with Crippen molar-refractivity contribution in [3.05, 3.63) is 38.2 Å². The van der Waals surface area contributed by atoms with Gasteiger partial charge in [-0.1, -0.05) is 20.8 Å². The van der Waals surface area contributed by atoms with Crippen molar-refractivity contribution in [1.82, 2.24) is 24.8 Å². The number of aromatic amines is 1. The fraction of sp³-hybridized carbons (Fsp3) is 0.556. The SMILES string of the molecule is CCCn1c(=O)[nH]c(=O)c2c(C(=O)N(C)CCNC)cc(C(C)C)nc21.Cl.Cl. The maximum atomic E-state index is 13.0. The van der Waals surface area contributed by atoms with Gasteiger partial charge in [0.2, 0.25) is 0 Å². The Morgan fingerprint density at radius 3 is 2.50 bits per heavy atom.